The molecule has 0 saturated carbocycles. The molecule has 1 unspecified atom stereocenters. The minimum atomic E-state index is -0.434. The minimum Gasteiger partial charge on any atom is -0.389 e. The molecule has 1 aromatic carbocycles. The number of benzene rings is 1. The van der Waals surface area contributed by atoms with Gasteiger partial charge in [0.25, 0.3) is 0 Å². The molecule has 0 radical (unpaired) electrons. The average molecular weight is 285 g/mol. The van der Waals surface area contributed by atoms with E-state index < -0.39 is 6.10 Å². The van der Waals surface area contributed by atoms with E-state index in [-0.39, 0.29) is 5.82 Å². The largest absolute Gasteiger partial charge is 0.389 e. The van der Waals surface area contributed by atoms with E-state index in [0.717, 1.165) is 35.7 Å². The monoisotopic (exact) mass is 284 g/mol. The van der Waals surface area contributed by atoms with Gasteiger partial charge in [-0.1, -0.05) is 28.4 Å². The lowest BCUT2D eigenvalue weighted by atomic mass is 10.0. The Morgan fingerprint density at radius 2 is 2.12 bits per heavy atom. The smallest absolute Gasteiger partial charge is 0.130 e. The Kier molecular flexibility index (Phi) is 3.77. The first-order valence-electron chi connectivity index (χ1n) is 5.51. The van der Waals surface area contributed by atoms with Crippen LogP contribution in [0.25, 0.3) is 5.57 Å². The van der Waals surface area contributed by atoms with Gasteiger partial charge in [0.15, 0.2) is 0 Å². The van der Waals surface area contributed by atoms with Crippen LogP contribution in [0.3, 0.4) is 0 Å². The number of aliphatic hydroxyl groups is 1. The highest BCUT2D eigenvalue weighted by atomic mass is 79.9. The molecule has 2 rings (SSSR count). The molecule has 86 valence electrons. The highest BCUT2D eigenvalue weighted by molar-refractivity contribution is 9.10. The Balaban J connectivity index is 2.38. The number of aliphatic hydroxyl groups excluding tert-OH is 1. The van der Waals surface area contributed by atoms with E-state index in [1.54, 1.807) is 18.2 Å². The van der Waals surface area contributed by atoms with E-state index >= 15 is 0 Å². The van der Waals surface area contributed by atoms with Crippen LogP contribution in [0.4, 0.5) is 4.39 Å². The fourth-order valence-corrected chi connectivity index (χ4v) is 2.40. The van der Waals surface area contributed by atoms with Crippen molar-refractivity contribution in [3.05, 3.63) is 40.1 Å². The molecule has 0 spiro atoms. The molecule has 0 saturated heterocycles. The quantitative estimate of drug-likeness (QED) is 0.829. The molecule has 1 nitrogen and oxygen atoms in total. The van der Waals surface area contributed by atoms with Crippen molar-refractivity contribution in [2.45, 2.75) is 31.8 Å². The standard InChI is InChI=1S/C13H14BrFO/c14-10-5-6-13(15)12(8-10)9-3-1-2-4-11(16)7-9/h5-8,11,16H,1-4H2. The van der Waals surface area contributed by atoms with Crippen LogP contribution in [0.2, 0.25) is 0 Å². The van der Waals surface area contributed by atoms with E-state index in [9.17, 15) is 9.50 Å². The van der Waals surface area contributed by atoms with Gasteiger partial charge in [-0.15, -0.1) is 0 Å². The van der Waals surface area contributed by atoms with Crippen molar-refractivity contribution < 1.29 is 9.50 Å². The molecular weight excluding hydrogens is 271 g/mol. The summed E-state index contributed by atoms with van der Waals surface area (Å²) in [6, 6.07) is 4.92. The molecule has 0 amide bonds. The van der Waals surface area contributed by atoms with Gasteiger partial charge in [0.1, 0.15) is 5.82 Å². The van der Waals surface area contributed by atoms with Crippen LogP contribution in [-0.2, 0) is 0 Å². The summed E-state index contributed by atoms with van der Waals surface area (Å²) in [6.45, 7) is 0. The average Bonchev–Trinajstić information content (AvgIpc) is 2.46. The lowest BCUT2D eigenvalue weighted by Gasteiger charge is -2.08. The van der Waals surface area contributed by atoms with Crippen LogP contribution in [0.1, 0.15) is 31.2 Å². The van der Waals surface area contributed by atoms with Crippen molar-refractivity contribution >= 4 is 21.5 Å². The summed E-state index contributed by atoms with van der Waals surface area (Å²) in [7, 11) is 0. The highest BCUT2D eigenvalue weighted by Gasteiger charge is 2.14. The van der Waals surface area contributed by atoms with Gasteiger partial charge in [0.2, 0.25) is 0 Å². The summed E-state index contributed by atoms with van der Waals surface area (Å²) < 4.78 is 14.5. The predicted molar refractivity (Wildman–Crippen MR) is 66.6 cm³/mol. The number of hydrogen-bond acceptors (Lipinski definition) is 1. The van der Waals surface area contributed by atoms with Crippen molar-refractivity contribution in [2.24, 2.45) is 0 Å². The topological polar surface area (TPSA) is 20.2 Å². The minimum absolute atomic E-state index is 0.219. The van der Waals surface area contributed by atoms with E-state index in [1.165, 1.54) is 6.07 Å². The summed E-state index contributed by atoms with van der Waals surface area (Å²) >= 11 is 3.34. The van der Waals surface area contributed by atoms with Gasteiger partial charge in [-0.2, -0.15) is 0 Å². The summed E-state index contributed by atoms with van der Waals surface area (Å²) in [5.41, 5.74) is 1.53. The van der Waals surface area contributed by atoms with Crippen molar-refractivity contribution in [3.8, 4) is 0 Å². The van der Waals surface area contributed by atoms with Crippen molar-refractivity contribution in [1.29, 1.82) is 0 Å². The molecule has 1 aromatic rings. The van der Waals surface area contributed by atoms with Crippen molar-refractivity contribution in [2.75, 3.05) is 0 Å². The van der Waals surface area contributed by atoms with Crippen molar-refractivity contribution in [1.82, 2.24) is 0 Å². The third-order valence-corrected chi connectivity index (χ3v) is 3.36. The van der Waals surface area contributed by atoms with Crippen LogP contribution >= 0.6 is 15.9 Å². The van der Waals surface area contributed by atoms with Crippen molar-refractivity contribution in [3.63, 3.8) is 0 Å². The first-order valence-corrected chi connectivity index (χ1v) is 6.30. The van der Waals surface area contributed by atoms with Crippen LogP contribution in [-0.4, -0.2) is 11.2 Å². The molecule has 0 heterocycles. The van der Waals surface area contributed by atoms with Gasteiger partial charge in [-0.05, 0) is 43.0 Å². The van der Waals surface area contributed by atoms with Gasteiger partial charge < -0.3 is 5.11 Å². The fourth-order valence-electron chi connectivity index (χ4n) is 2.04. The molecular formula is C13H14BrFO. The van der Waals surface area contributed by atoms with Crippen LogP contribution < -0.4 is 0 Å². The van der Waals surface area contributed by atoms with Gasteiger partial charge >= 0.3 is 0 Å². The second-order valence-electron chi connectivity index (χ2n) is 4.13. The fraction of sp³-hybridized carbons (Fsp3) is 0.385. The number of hydrogen-bond donors (Lipinski definition) is 1. The Morgan fingerprint density at radius 3 is 2.94 bits per heavy atom. The van der Waals surface area contributed by atoms with E-state index in [1.807, 2.05) is 0 Å². The Labute approximate surface area is 103 Å². The third kappa shape index (κ3) is 2.71. The molecule has 1 aliphatic carbocycles. The maximum absolute atomic E-state index is 13.7. The third-order valence-electron chi connectivity index (χ3n) is 2.86. The van der Waals surface area contributed by atoms with E-state index in [4.69, 9.17) is 0 Å². The molecule has 0 fully saturated rings. The molecule has 0 bridgehead atoms. The molecule has 1 aliphatic rings. The zero-order chi connectivity index (χ0) is 11.5. The molecule has 16 heavy (non-hydrogen) atoms. The van der Waals surface area contributed by atoms with E-state index in [2.05, 4.69) is 15.9 Å². The van der Waals surface area contributed by atoms with Gasteiger partial charge in [0, 0.05) is 10.0 Å². The van der Waals surface area contributed by atoms with Gasteiger partial charge in [0.05, 0.1) is 6.10 Å². The lowest BCUT2D eigenvalue weighted by molar-refractivity contribution is 0.211. The Hall–Kier alpha value is -0.670. The molecule has 3 heteroatoms. The van der Waals surface area contributed by atoms with Gasteiger partial charge in [-0.3, -0.25) is 0 Å². The van der Waals surface area contributed by atoms with Crippen LogP contribution in [0, 0.1) is 5.82 Å². The summed E-state index contributed by atoms with van der Waals surface area (Å²) in [4.78, 5) is 0. The number of rotatable bonds is 1. The predicted octanol–water partition coefficient (Wildman–Crippen LogP) is 3.91. The molecule has 1 atom stereocenters. The maximum Gasteiger partial charge on any atom is 0.130 e. The first kappa shape index (κ1) is 11.8. The molecule has 0 aliphatic heterocycles. The summed E-state index contributed by atoms with van der Waals surface area (Å²) in [6.07, 6.45) is 4.98. The second-order valence-corrected chi connectivity index (χ2v) is 5.04. The number of halogens is 2. The Bertz CT molecular complexity index is 414. The molecule has 1 N–H and O–H groups in total. The Morgan fingerprint density at radius 1 is 1.31 bits per heavy atom. The second kappa shape index (κ2) is 5.11. The maximum atomic E-state index is 13.7. The van der Waals surface area contributed by atoms with Crippen LogP contribution in [0.5, 0.6) is 0 Å². The molecule has 0 aromatic heterocycles. The normalized spacial score (nSPS) is 21.4. The summed E-state index contributed by atoms with van der Waals surface area (Å²) in [5, 5.41) is 9.67. The van der Waals surface area contributed by atoms with E-state index in [0.29, 0.717) is 5.56 Å². The zero-order valence-corrected chi connectivity index (χ0v) is 10.5. The first-order chi connectivity index (χ1) is 7.66. The van der Waals surface area contributed by atoms with Crippen LogP contribution in [0.15, 0.2) is 28.7 Å². The highest BCUT2D eigenvalue weighted by Crippen LogP contribution is 2.29. The lowest BCUT2D eigenvalue weighted by Crippen LogP contribution is -2.00. The number of allylic oxidation sites excluding steroid dienone is 1. The summed E-state index contributed by atoms with van der Waals surface area (Å²) in [5.74, 6) is -0.219. The zero-order valence-electron chi connectivity index (χ0n) is 8.92. The SMILES string of the molecule is OC1C=C(c2cc(Br)ccc2F)CCCC1. The van der Waals surface area contributed by atoms with Gasteiger partial charge in [-0.25, -0.2) is 4.39 Å².